The van der Waals surface area contributed by atoms with Crippen LogP contribution in [0.4, 0.5) is 0 Å². The number of para-hydroxylation sites is 1. The van der Waals surface area contributed by atoms with E-state index in [-0.39, 0.29) is 5.91 Å². The molecule has 2 N–H and O–H groups in total. The summed E-state index contributed by atoms with van der Waals surface area (Å²) >= 11 is 0. The van der Waals surface area contributed by atoms with Gasteiger partial charge in [-0.15, -0.1) is 0 Å². The third kappa shape index (κ3) is 4.12. The van der Waals surface area contributed by atoms with Crippen molar-refractivity contribution in [1.29, 1.82) is 0 Å². The van der Waals surface area contributed by atoms with E-state index in [0.29, 0.717) is 5.56 Å². The first-order chi connectivity index (χ1) is 12.6. The molecule has 0 radical (unpaired) electrons. The van der Waals surface area contributed by atoms with Crippen LogP contribution in [0.15, 0.2) is 24.3 Å². The van der Waals surface area contributed by atoms with Crippen molar-refractivity contribution in [3.63, 3.8) is 0 Å². The predicted octanol–water partition coefficient (Wildman–Crippen LogP) is 5.10. The minimum Gasteiger partial charge on any atom is -0.496 e. The van der Waals surface area contributed by atoms with Crippen LogP contribution in [0.3, 0.4) is 0 Å². The average Bonchev–Trinajstić information content (AvgIpc) is 2.92. The monoisotopic (exact) mass is 356 g/mol. The lowest BCUT2D eigenvalue weighted by molar-refractivity contribution is 0.1000. The van der Waals surface area contributed by atoms with Crippen LogP contribution in [0, 0.1) is 6.92 Å². The summed E-state index contributed by atoms with van der Waals surface area (Å²) in [6.07, 6.45) is 6.59. The molecule has 0 saturated heterocycles. The summed E-state index contributed by atoms with van der Waals surface area (Å²) in [5.41, 5.74) is 10.5. The molecule has 0 unspecified atom stereocenters. The van der Waals surface area contributed by atoms with Gasteiger partial charge in [-0.25, -0.2) is 0 Å². The number of unbranched alkanes of at least 4 members (excludes halogenated alkanes) is 3. The van der Waals surface area contributed by atoms with Gasteiger partial charge in [0, 0.05) is 29.1 Å². The Morgan fingerprint density at radius 2 is 1.81 bits per heavy atom. The highest BCUT2D eigenvalue weighted by atomic mass is 16.5. The molecule has 0 spiro atoms. The summed E-state index contributed by atoms with van der Waals surface area (Å²) < 4.78 is 7.89. The fraction of sp³-hybridized carbons (Fsp3) is 0.500. The van der Waals surface area contributed by atoms with E-state index in [1.165, 1.54) is 18.5 Å². The third-order valence-corrected chi connectivity index (χ3v) is 5.01. The Morgan fingerprint density at radius 3 is 2.42 bits per heavy atom. The second-order valence-electron chi connectivity index (χ2n) is 6.81. The van der Waals surface area contributed by atoms with E-state index in [1.54, 1.807) is 7.11 Å². The lowest BCUT2D eigenvalue weighted by Crippen LogP contribution is -2.13. The largest absolute Gasteiger partial charge is 0.496 e. The van der Waals surface area contributed by atoms with Crippen molar-refractivity contribution >= 4 is 5.91 Å². The van der Waals surface area contributed by atoms with Gasteiger partial charge in [0.25, 0.3) is 5.91 Å². The second kappa shape index (κ2) is 9.46. The summed E-state index contributed by atoms with van der Waals surface area (Å²) in [6.45, 7) is 7.32. The van der Waals surface area contributed by atoms with Crippen molar-refractivity contribution in [3.8, 4) is 16.9 Å². The predicted molar refractivity (Wildman–Crippen MR) is 108 cm³/mol. The lowest BCUT2D eigenvalue weighted by atomic mass is 9.96. The van der Waals surface area contributed by atoms with E-state index < -0.39 is 0 Å². The van der Waals surface area contributed by atoms with E-state index in [4.69, 9.17) is 10.5 Å². The van der Waals surface area contributed by atoms with Gasteiger partial charge in [0.05, 0.1) is 12.7 Å². The fourth-order valence-corrected chi connectivity index (χ4v) is 3.66. The number of hydrogen-bond donors (Lipinski definition) is 1. The highest BCUT2D eigenvalue weighted by Gasteiger charge is 2.25. The number of nitrogens with two attached hydrogens (primary N) is 1. The molecule has 0 aliphatic heterocycles. The molecular weight excluding hydrogens is 324 g/mol. The van der Waals surface area contributed by atoms with E-state index in [1.807, 2.05) is 31.2 Å². The maximum Gasteiger partial charge on any atom is 0.251 e. The number of primary amides is 1. The van der Waals surface area contributed by atoms with Crippen LogP contribution < -0.4 is 10.5 Å². The van der Waals surface area contributed by atoms with Crippen molar-refractivity contribution in [2.75, 3.05) is 7.11 Å². The van der Waals surface area contributed by atoms with Gasteiger partial charge in [0.2, 0.25) is 0 Å². The zero-order valence-electron chi connectivity index (χ0n) is 16.6. The molecule has 142 valence electrons. The Labute approximate surface area is 157 Å². The van der Waals surface area contributed by atoms with Crippen LogP contribution in [-0.4, -0.2) is 17.6 Å². The quantitative estimate of drug-likeness (QED) is 0.602. The second-order valence-corrected chi connectivity index (χ2v) is 6.81. The summed E-state index contributed by atoms with van der Waals surface area (Å²) in [4.78, 5) is 12.4. The van der Waals surface area contributed by atoms with Gasteiger partial charge < -0.3 is 15.0 Å². The summed E-state index contributed by atoms with van der Waals surface area (Å²) in [7, 11) is 1.67. The number of amides is 1. The highest BCUT2D eigenvalue weighted by molar-refractivity contribution is 6.03. The SMILES string of the molecule is CCCCCc1c(-c2ccccc2OC)c(C(N)=O)c(C)n1CCCC. The highest BCUT2D eigenvalue weighted by Crippen LogP contribution is 2.38. The van der Waals surface area contributed by atoms with Crippen LogP contribution >= 0.6 is 0 Å². The minimum absolute atomic E-state index is 0.365. The molecule has 2 rings (SSSR count). The first-order valence-corrected chi connectivity index (χ1v) is 9.71. The number of aromatic nitrogens is 1. The molecule has 0 saturated carbocycles. The molecule has 1 aromatic heterocycles. The maximum absolute atomic E-state index is 12.4. The topological polar surface area (TPSA) is 57.2 Å². The van der Waals surface area contributed by atoms with Crippen molar-refractivity contribution in [1.82, 2.24) is 4.57 Å². The van der Waals surface area contributed by atoms with E-state index in [0.717, 1.165) is 54.8 Å². The van der Waals surface area contributed by atoms with Crippen LogP contribution in [0.5, 0.6) is 5.75 Å². The fourth-order valence-electron chi connectivity index (χ4n) is 3.66. The molecule has 0 aliphatic rings. The molecule has 0 fully saturated rings. The average molecular weight is 357 g/mol. The Hall–Kier alpha value is -2.23. The summed E-state index contributed by atoms with van der Waals surface area (Å²) in [6, 6.07) is 7.89. The molecule has 0 aliphatic carbocycles. The first kappa shape index (κ1) is 20.1. The normalized spacial score (nSPS) is 10.9. The van der Waals surface area contributed by atoms with Crippen molar-refractivity contribution in [2.24, 2.45) is 5.73 Å². The molecule has 2 aromatic rings. The molecule has 4 heteroatoms. The molecule has 4 nitrogen and oxygen atoms in total. The number of carbonyl (C=O) groups excluding carboxylic acids is 1. The van der Waals surface area contributed by atoms with Crippen molar-refractivity contribution < 1.29 is 9.53 Å². The van der Waals surface area contributed by atoms with Crippen molar-refractivity contribution in [3.05, 3.63) is 41.2 Å². The van der Waals surface area contributed by atoms with Crippen LogP contribution in [-0.2, 0) is 13.0 Å². The lowest BCUT2D eigenvalue weighted by Gasteiger charge is -2.14. The maximum atomic E-state index is 12.4. The minimum atomic E-state index is -0.365. The summed E-state index contributed by atoms with van der Waals surface area (Å²) in [5, 5.41) is 0. The molecule has 1 amide bonds. The number of benzene rings is 1. The van der Waals surface area contributed by atoms with Gasteiger partial charge in [-0.1, -0.05) is 51.3 Å². The molecule has 1 aromatic carbocycles. The standard InChI is InChI=1S/C22H32N2O2/c1-5-7-9-13-18-21(17-12-10-11-14-19(17)26-4)20(22(23)25)16(3)24(18)15-8-6-2/h10-12,14H,5-9,13,15H2,1-4H3,(H2,23,25). The number of methoxy groups -OCH3 is 1. The number of carbonyl (C=O) groups is 1. The number of nitrogens with zero attached hydrogens (tertiary/aromatic N) is 1. The Bertz CT molecular complexity index is 747. The van der Waals surface area contributed by atoms with E-state index >= 15 is 0 Å². The zero-order valence-corrected chi connectivity index (χ0v) is 16.6. The van der Waals surface area contributed by atoms with Gasteiger partial charge in [-0.2, -0.15) is 0 Å². The Morgan fingerprint density at radius 1 is 1.12 bits per heavy atom. The van der Waals surface area contributed by atoms with Crippen LogP contribution in [0.1, 0.15) is 67.7 Å². The number of hydrogen-bond acceptors (Lipinski definition) is 2. The summed E-state index contributed by atoms with van der Waals surface area (Å²) in [5.74, 6) is 0.412. The Kier molecular flexibility index (Phi) is 7.31. The molecule has 0 bridgehead atoms. The van der Waals surface area contributed by atoms with Gasteiger partial charge in [0.1, 0.15) is 5.75 Å². The van der Waals surface area contributed by atoms with Crippen LogP contribution in [0.2, 0.25) is 0 Å². The van der Waals surface area contributed by atoms with Gasteiger partial charge in [-0.05, 0) is 32.3 Å². The molecule has 26 heavy (non-hydrogen) atoms. The Balaban J connectivity index is 2.70. The zero-order chi connectivity index (χ0) is 19.1. The van der Waals surface area contributed by atoms with E-state index in [9.17, 15) is 4.79 Å². The van der Waals surface area contributed by atoms with Gasteiger partial charge in [0.15, 0.2) is 0 Å². The van der Waals surface area contributed by atoms with Crippen LogP contribution in [0.25, 0.3) is 11.1 Å². The molecule has 1 heterocycles. The molecule has 0 atom stereocenters. The van der Waals surface area contributed by atoms with Crippen molar-refractivity contribution in [2.45, 2.75) is 65.8 Å². The smallest absolute Gasteiger partial charge is 0.251 e. The number of rotatable bonds is 10. The van der Waals surface area contributed by atoms with Gasteiger partial charge >= 0.3 is 0 Å². The molecular formula is C22H32N2O2. The third-order valence-electron chi connectivity index (χ3n) is 5.01. The number of ether oxygens (including phenoxy) is 1. The van der Waals surface area contributed by atoms with E-state index in [2.05, 4.69) is 18.4 Å². The first-order valence-electron chi connectivity index (χ1n) is 9.71. The van der Waals surface area contributed by atoms with Gasteiger partial charge in [-0.3, -0.25) is 4.79 Å².